The predicted octanol–water partition coefficient (Wildman–Crippen LogP) is 4.08. The molecule has 0 saturated carbocycles. The molecular formula is C22H23ClN4O. The largest absolute Gasteiger partial charge is 0.335 e. The van der Waals surface area contributed by atoms with Crippen LogP contribution in [0, 0.1) is 0 Å². The number of rotatable bonds is 4. The van der Waals surface area contributed by atoms with Gasteiger partial charge in [-0.15, -0.1) is 0 Å². The van der Waals surface area contributed by atoms with Gasteiger partial charge in [-0.05, 0) is 42.7 Å². The number of nitrogens with zero attached hydrogens (tertiary/aromatic N) is 4. The van der Waals surface area contributed by atoms with Crippen molar-refractivity contribution in [3.05, 3.63) is 82.7 Å². The van der Waals surface area contributed by atoms with E-state index in [1.807, 2.05) is 36.2 Å². The minimum absolute atomic E-state index is 0.00508. The third kappa shape index (κ3) is 4.09. The van der Waals surface area contributed by atoms with E-state index in [1.54, 1.807) is 17.0 Å². The molecule has 1 aromatic carbocycles. The van der Waals surface area contributed by atoms with Crippen molar-refractivity contribution in [3.8, 4) is 0 Å². The van der Waals surface area contributed by atoms with E-state index < -0.39 is 0 Å². The Morgan fingerprint density at radius 3 is 2.79 bits per heavy atom. The smallest absolute Gasteiger partial charge is 0.289 e. The van der Waals surface area contributed by atoms with Gasteiger partial charge in [-0.2, -0.15) is 0 Å². The summed E-state index contributed by atoms with van der Waals surface area (Å²) in [6.45, 7) is 1.45. The number of benzene rings is 1. The van der Waals surface area contributed by atoms with Gasteiger partial charge in [-0.25, -0.2) is 4.98 Å². The summed E-state index contributed by atoms with van der Waals surface area (Å²) in [6.07, 6.45) is 6.26. The van der Waals surface area contributed by atoms with Crippen LogP contribution in [-0.4, -0.2) is 38.4 Å². The Hall–Kier alpha value is -2.66. The zero-order chi connectivity index (χ0) is 19.5. The number of hydrogen-bond acceptors (Lipinski definition) is 3. The van der Waals surface area contributed by atoms with Crippen molar-refractivity contribution in [1.29, 1.82) is 0 Å². The average molecular weight is 395 g/mol. The summed E-state index contributed by atoms with van der Waals surface area (Å²) in [5.41, 5.74) is 3.28. The van der Waals surface area contributed by atoms with Gasteiger partial charge in [0, 0.05) is 61.3 Å². The molecule has 0 unspecified atom stereocenters. The fourth-order valence-electron chi connectivity index (χ4n) is 3.75. The van der Waals surface area contributed by atoms with Crippen LogP contribution in [0.3, 0.4) is 0 Å². The van der Waals surface area contributed by atoms with Gasteiger partial charge >= 0.3 is 0 Å². The van der Waals surface area contributed by atoms with Crippen LogP contribution in [0.15, 0.2) is 54.9 Å². The molecule has 1 aliphatic rings. The number of halogens is 1. The first-order valence-corrected chi connectivity index (χ1v) is 9.95. The summed E-state index contributed by atoms with van der Waals surface area (Å²) in [5, 5.41) is 0.741. The number of imidazole rings is 1. The first kappa shape index (κ1) is 18.7. The maximum Gasteiger partial charge on any atom is 0.289 e. The first-order valence-electron chi connectivity index (χ1n) is 9.57. The molecule has 1 atom stereocenters. The molecular weight excluding hydrogens is 372 g/mol. The zero-order valence-electron chi connectivity index (χ0n) is 15.9. The lowest BCUT2D eigenvalue weighted by Crippen LogP contribution is -2.40. The van der Waals surface area contributed by atoms with Gasteiger partial charge in [-0.1, -0.05) is 29.8 Å². The highest BCUT2D eigenvalue weighted by Gasteiger charge is 2.28. The van der Waals surface area contributed by atoms with E-state index in [0.717, 1.165) is 42.2 Å². The zero-order valence-corrected chi connectivity index (χ0v) is 16.6. The second-order valence-corrected chi connectivity index (χ2v) is 7.75. The number of piperidine rings is 1. The highest BCUT2D eigenvalue weighted by Crippen LogP contribution is 2.27. The molecule has 0 spiro atoms. The third-order valence-electron chi connectivity index (χ3n) is 5.27. The van der Waals surface area contributed by atoms with Crippen LogP contribution >= 0.6 is 11.6 Å². The summed E-state index contributed by atoms with van der Waals surface area (Å²) in [7, 11) is 1.85. The van der Waals surface area contributed by atoms with Crippen molar-refractivity contribution in [2.24, 2.45) is 7.05 Å². The Kier molecular flexibility index (Phi) is 5.44. The van der Waals surface area contributed by atoms with Crippen molar-refractivity contribution in [2.75, 3.05) is 13.1 Å². The summed E-state index contributed by atoms with van der Waals surface area (Å²) < 4.78 is 1.77. The molecule has 3 aromatic rings. The number of pyridine rings is 1. The lowest BCUT2D eigenvalue weighted by atomic mass is 9.93. The molecule has 6 heteroatoms. The fraction of sp³-hybridized carbons (Fsp3) is 0.318. The Labute approximate surface area is 170 Å². The Morgan fingerprint density at radius 2 is 2.04 bits per heavy atom. The minimum atomic E-state index is -0.00508. The number of hydrogen-bond donors (Lipinski definition) is 0. The van der Waals surface area contributed by atoms with E-state index in [9.17, 15) is 4.79 Å². The Bertz CT molecular complexity index is 967. The van der Waals surface area contributed by atoms with Gasteiger partial charge < -0.3 is 9.47 Å². The van der Waals surface area contributed by atoms with Crippen LogP contribution in [0.4, 0.5) is 0 Å². The van der Waals surface area contributed by atoms with Crippen molar-refractivity contribution < 1.29 is 4.79 Å². The topological polar surface area (TPSA) is 51.0 Å². The molecule has 0 aliphatic carbocycles. The summed E-state index contributed by atoms with van der Waals surface area (Å²) in [6, 6.07) is 14.1. The summed E-state index contributed by atoms with van der Waals surface area (Å²) >= 11 is 5.97. The molecule has 5 nitrogen and oxygen atoms in total. The van der Waals surface area contributed by atoms with Crippen LogP contribution in [0.2, 0.25) is 5.02 Å². The van der Waals surface area contributed by atoms with Gasteiger partial charge in [0.05, 0.1) is 0 Å². The maximum absolute atomic E-state index is 12.8. The highest BCUT2D eigenvalue weighted by molar-refractivity contribution is 6.30. The molecule has 1 saturated heterocycles. The maximum atomic E-state index is 12.8. The first-order chi connectivity index (χ1) is 13.6. The number of amides is 1. The van der Waals surface area contributed by atoms with Crippen molar-refractivity contribution in [3.63, 3.8) is 0 Å². The number of likely N-dealkylation sites (tertiary alicyclic amines) is 1. The summed E-state index contributed by atoms with van der Waals surface area (Å²) in [5.74, 6) is 0.739. The molecule has 3 heterocycles. The van der Waals surface area contributed by atoms with Crippen LogP contribution in [0.1, 0.15) is 46.3 Å². The molecule has 0 bridgehead atoms. The molecule has 1 fully saturated rings. The van der Waals surface area contributed by atoms with Crippen molar-refractivity contribution in [2.45, 2.75) is 25.2 Å². The summed E-state index contributed by atoms with van der Waals surface area (Å²) in [4.78, 5) is 23.8. The molecule has 0 N–H and O–H groups in total. The van der Waals surface area contributed by atoms with Gasteiger partial charge in [-0.3, -0.25) is 9.78 Å². The molecule has 1 aliphatic heterocycles. The normalized spacial score (nSPS) is 16.9. The average Bonchev–Trinajstić information content (AvgIpc) is 3.15. The van der Waals surface area contributed by atoms with Crippen LogP contribution < -0.4 is 0 Å². The molecule has 28 heavy (non-hydrogen) atoms. The number of aryl methyl sites for hydroxylation is 1. The lowest BCUT2D eigenvalue weighted by molar-refractivity contribution is 0.0690. The standard InChI is InChI=1S/C22H23ClN4O/c1-26-13-11-24-21(26)22(28)27-12-3-4-17(15-27)20-6-2-5-19(25-20)14-16-7-9-18(23)10-8-16/h2,5-11,13,17H,3-4,12,14-15H2,1H3/t17-/m1/s1. The van der Waals surface area contributed by atoms with Crippen molar-refractivity contribution >= 4 is 17.5 Å². The van der Waals surface area contributed by atoms with Crippen LogP contribution in [-0.2, 0) is 13.5 Å². The lowest BCUT2D eigenvalue weighted by Gasteiger charge is -2.32. The second kappa shape index (κ2) is 8.15. The molecule has 144 valence electrons. The molecule has 0 radical (unpaired) electrons. The molecule has 4 rings (SSSR count). The van der Waals surface area contributed by atoms with Gasteiger partial charge in [0.25, 0.3) is 5.91 Å². The van der Waals surface area contributed by atoms with Gasteiger partial charge in [0.15, 0.2) is 5.82 Å². The molecule has 1 amide bonds. The number of carbonyl (C=O) groups excluding carboxylic acids is 1. The fourth-order valence-corrected chi connectivity index (χ4v) is 3.88. The minimum Gasteiger partial charge on any atom is -0.335 e. The molecule has 2 aromatic heterocycles. The SMILES string of the molecule is Cn1ccnc1C(=O)N1CCC[C@@H](c2cccc(Cc3ccc(Cl)cc3)n2)C1. The quantitative estimate of drug-likeness (QED) is 0.670. The highest BCUT2D eigenvalue weighted by atomic mass is 35.5. The van der Waals surface area contributed by atoms with E-state index >= 15 is 0 Å². The number of carbonyl (C=O) groups is 1. The predicted molar refractivity (Wildman–Crippen MR) is 110 cm³/mol. The van der Waals surface area contributed by atoms with Gasteiger partial charge in [0.1, 0.15) is 0 Å². The second-order valence-electron chi connectivity index (χ2n) is 7.31. The van der Waals surface area contributed by atoms with E-state index in [0.29, 0.717) is 12.4 Å². The van der Waals surface area contributed by atoms with Crippen molar-refractivity contribution in [1.82, 2.24) is 19.4 Å². The van der Waals surface area contributed by atoms with Gasteiger partial charge in [0.2, 0.25) is 0 Å². The monoisotopic (exact) mass is 394 g/mol. The Morgan fingerprint density at radius 1 is 1.21 bits per heavy atom. The Balaban J connectivity index is 1.48. The third-order valence-corrected chi connectivity index (χ3v) is 5.52. The van der Waals surface area contributed by atoms with E-state index in [1.165, 1.54) is 5.56 Å². The van der Waals surface area contributed by atoms with Crippen LogP contribution in [0.5, 0.6) is 0 Å². The van der Waals surface area contributed by atoms with E-state index in [-0.39, 0.29) is 11.8 Å². The van der Waals surface area contributed by atoms with E-state index in [2.05, 4.69) is 23.2 Å². The number of aromatic nitrogens is 3. The van der Waals surface area contributed by atoms with E-state index in [4.69, 9.17) is 16.6 Å². The van der Waals surface area contributed by atoms with Crippen LogP contribution in [0.25, 0.3) is 0 Å².